The Bertz CT molecular complexity index is 673. The summed E-state index contributed by atoms with van der Waals surface area (Å²) in [6, 6.07) is 8.35. The molecule has 0 aliphatic heterocycles. The molecule has 98 valence electrons. The van der Waals surface area contributed by atoms with Crippen molar-refractivity contribution in [1.29, 1.82) is 0 Å². The summed E-state index contributed by atoms with van der Waals surface area (Å²) in [7, 11) is 0. The second-order valence-corrected chi connectivity index (χ2v) is 5.26. The Morgan fingerprint density at radius 1 is 1.42 bits per heavy atom. The van der Waals surface area contributed by atoms with Crippen LogP contribution in [0.3, 0.4) is 0 Å². The first-order valence-electron chi connectivity index (χ1n) is 6.40. The average Bonchev–Trinajstić information content (AvgIpc) is 3.05. The normalized spacial score (nSPS) is 12.9. The first-order chi connectivity index (χ1) is 9.29. The fraction of sp³-hybridized carbons (Fsp3) is 0.267. The summed E-state index contributed by atoms with van der Waals surface area (Å²) in [6.45, 7) is 5.03. The summed E-state index contributed by atoms with van der Waals surface area (Å²) in [5, 5.41) is 6.64. The van der Waals surface area contributed by atoms with Crippen molar-refractivity contribution in [1.82, 2.24) is 10.3 Å². The number of aromatic nitrogens is 1. The lowest BCUT2D eigenvalue weighted by Crippen LogP contribution is -2.21. The fourth-order valence-corrected chi connectivity index (χ4v) is 2.87. The highest BCUT2D eigenvalue weighted by Crippen LogP contribution is 2.29. The summed E-state index contributed by atoms with van der Waals surface area (Å²) in [4.78, 5) is 4.40. The molecule has 2 aromatic heterocycles. The van der Waals surface area contributed by atoms with E-state index >= 15 is 0 Å². The molecule has 1 unspecified atom stereocenters. The highest BCUT2D eigenvalue weighted by Gasteiger charge is 2.19. The zero-order chi connectivity index (χ0) is 13.2. The van der Waals surface area contributed by atoms with Crippen molar-refractivity contribution in [2.75, 3.05) is 6.54 Å². The second-order valence-electron chi connectivity index (χ2n) is 4.55. The van der Waals surface area contributed by atoms with E-state index in [1.54, 1.807) is 11.3 Å². The standard InChI is InChI=1S/C15H16N2OS/c1-3-16-14(12-8-19-9-17-12)13-7-11-6-4-5-10(2)15(11)18-13/h4-9,14,16H,3H2,1-2H3. The Kier molecular flexibility index (Phi) is 3.36. The van der Waals surface area contributed by atoms with Gasteiger partial charge in [0.25, 0.3) is 0 Å². The molecule has 3 rings (SSSR count). The molecule has 2 heterocycles. The highest BCUT2D eigenvalue weighted by molar-refractivity contribution is 7.07. The molecule has 0 bridgehead atoms. The topological polar surface area (TPSA) is 38.1 Å². The minimum Gasteiger partial charge on any atom is -0.459 e. The average molecular weight is 272 g/mol. The van der Waals surface area contributed by atoms with Crippen LogP contribution in [0.25, 0.3) is 11.0 Å². The minimum absolute atomic E-state index is 0.0306. The predicted octanol–water partition coefficient (Wildman–Crippen LogP) is 3.90. The number of benzene rings is 1. The van der Waals surface area contributed by atoms with Crippen molar-refractivity contribution in [2.45, 2.75) is 19.9 Å². The van der Waals surface area contributed by atoms with Crippen molar-refractivity contribution in [3.63, 3.8) is 0 Å². The van der Waals surface area contributed by atoms with Crippen molar-refractivity contribution >= 4 is 22.3 Å². The van der Waals surface area contributed by atoms with Crippen LogP contribution in [0.2, 0.25) is 0 Å². The quantitative estimate of drug-likeness (QED) is 0.783. The molecule has 4 heteroatoms. The van der Waals surface area contributed by atoms with Gasteiger partial charge in [0, 0.05) is 10.8 Å². The van der Waals surface area contributed by atoms with Gasteiger partial charge in [0.15, 0.2) is 0 Å². The van der Waals surface area contributed by atoms with Crippen molar-refractivity contribution < 1.29 is 4.42 Å². The molecule has 0 amide bonds. The molecule has 1 N–H and O–H groups in total. The van der Waals surface area contributed by atoms with E-state index in [2.05, 4.69) is 53.8 Å². The number of thiazole rings is 1. The van der Waals surface area contributed by atoms with Crippen LogP contribution < -0.4 is 5.32 Å². The molecule has 0 spiro atoms. The van der Waals surface area contributed by atoms with Gasteiger partial charge in [-0.2, -0.15) is 0 Å². The van der Waals surface area contributed by atoms with E-state index in [1.807, 2.05) is 5.51 Å². The van der Waals surface area contributed by atoms with Crippen LogP contribution in [0, 0.1) is 6.92 Å². The lowest BCUT2D eigenvalue weighted by Gasteiger charge is -2.12. The van der Waals surface area contributed by atoms with E-state index < -0.39 is 0 Å². The van der Waals surface area contributed by atoms with Crippen LogP contribution >= 0.6 is 11.3 Å². The SMILES string of the molecule is CCNC(c1cscn1)c1cc2cccc(C)c2o1. The number of furan rings is 1. The van der Waals surface area contributed by atoms with E-state index in [0.29, 0.717) is 0 Å². The Morgan fingerprint density at radius 3 is 3.00 bits per heavy atom. The smallest absolute Gasteiger partial charge is 0.137 e. The molecule has 1 aromatic carbocycles. The summed E-state index contributed by atoms with van der Waals surface area (Å²) in [5.41, 5.74) is 5.00. The monoisotopic (exact) mass is 272 g/mol. The molecule has 0 aliphatic rings. The third-order valence-electron chi connectivity index (χ3n) is 3.20. The van der Waals surface area contributed by atoms with Gasteiger partial charge in [-0.15, -0.1) is 11.3 Å². The van der Waals surface area contributed by atoms with Gasteiger partial charge in [-0.1, -0.05) is 25.1 Å². The summed E-state index contributed by atoms with van der Waals surface area (Å²) < 4.78 is 6.04. The molecule has 0 fully saturated rings. The molecule has 1 atom stereocenters. The Balaban J connectivity index is 2.08. The van der Waals surface area contributed by atoms with Gasteiger partial charge in [0.1, 0.15) is 17.4 Å². The first-order valence-corrected chi connectivity index (χ1v) is 7.34. The lowest BCUT2D eigenvalue weighted by molar-refractivity contribution is 0.471. The largest absolute Gasteiger partial charge is 0.459 e. The molecule has 19 heavy (non-hydrogen) atoms. The third-order valence-corrected chi connectivity index (χ3v) is 3.80. The van der Waals surface area contributed by atoms with Crippen LogP contribution in [-0.4, -0.2) is 11.5 Å². The van der Waals surface area contributed by atoms with E-state index in [0.717, 1.165) is 34.5 Å². The number of nitrogens with zero attached hydrogens (tertiary/aromatic N) is 1. The molecule has 0 saturated carbocycles. The van der Waals surface area contributed by atoms with Gasteiger partial charge in [-0.05, 0) is 25.1 Å². The Hall–Kier alpha value is -1.65. The molecular weight excluding hydrogens is 256 g/mol. The number of hydrogen-bond donors (Lipinski definition) is 1. The van der Waals surface area contributed by atoms with Gasteiger partial charge < -0.3 is 9.73 Å². The van der Waals surface area contributed by atoms with E-state index in [9.17, 15) is 0 Å². The third kappa shape index (κ3) is 2.29. The molecule has 0 aliphatic carbocycles. The molecule has 3 aromatic rings. The minimum atomic E-state index is 0.0306. The van der Waals surface area contributed by atoms with Crippen molar-refractivity contribution in [2.24, 2.45) is 0 Å². The van der Waals surface area contributed by atoms with E-state index in [1.165, 1.54) is 0 Å². The van der Waals surface area contributed by atoms with Gasteiger partial charge in [0.2, 0.25) is 0 Å². The number of para-hydroxylation sites is 1. The van der Waals surface area contributed by atoms with Gasteiger partial charge in [-0.3, -0.25) is 0 Å². The van der Waals surface area contributed by atoms with E-state index in [4.69, 9.17) is 4.42 Å². The summed E-state index contributed by atoms with van der Waals surface area (Å²) in [6.07, 6.45) is 0. The van der Waals surface area contributed by atoms with Crippen LogP contribution in [0.4, 0.5) is 0 Å². The number of aryl methyl sites for hydroxylation is 1. The molecule has 0 radical (unpaired) electrons. The van der Waals surface area contributed by atoms with Crippen LogP contribution in [0.1, 0.15) is 30.0 Å². The Morgan fingerprint density at radius 2 is 2.32 bits per heavy atom. The van der Waals surface area contributed by atoms with Gasteiger partial charge >= 0.3 is 0 Å². The summed E-state index contributed by atoms with van der Waals surface area (Å²) >= 11 is 1.61. The lowest BCUT2D eigenvalue weighted by atomic mass is 10.1. The highest BCUT2D eigenvalue weighted by atomic mass is 32.1. The zero-order valence-corrected chi connectivity index (χ0v) is 11.8. The zero-order valence-electron chi connectivity index (χ0n) is 11.0. The summed E-state index contributed by atoms with van der Waals surface area (Å²) in [5.74, 6) is 0.928. The van der Waals surface area contributed by atoms with Crippen LogP contribution in [0.15, 0.2) is 39.6 Å². The number of fused-ring (bicyclic) bond motifs is 1. The first kappa shape index (κ1) is 12.4. The maximum atomic E-state index is 6.04. The van der Waals surface area contributed by atoms with Gasteiger partial charge in [0.05, 0.1) is 11.2 Å². The maximum Gasteiger partial charge on any atom is 0.137 e. The fourth-order valence-electron chi connectivity index (χ4n) is 2.29. The van der Waals surface area contributed by atoms with E-state index in [-0.39, 0.29) is 6.04 Å². The van der Waals surface area contributed by atoms with Crippen molar-refractivity contribution in [3.05, 3.63) is 52.2 Å². The maximum absolute atomic E-state index is 6.04. The van der Waals surface area contributed by atoms with Crippen LogP contribution in [-0.2, 0) is 0 Å². The molecule has 0 saturated heterocycles. The Labute approximate surface area is 116 Å². The number of hydrogen-bond acceptors (Lipinski definition) is 4. The van der Waals surface area contributed by atoms with Gasteiger partial charge in [-0.25, -0.2) is 4.98 Å². The molecular formula is C15H16N2OS. The van der Waals surface area contributed by atoms with Crippen molar-refractivity contribution in [3.8, 4) is 0 Å². The number of rotatable bonds is 4. The molecule has 3 nitrogen and oxygen atoms in total. The number of nitrogens with one attached hydrogen (secondary N) is 1. The second kappa shape index (κ2) is 5.15. The predicted molar refractivity (Wildman–Crippen MR) is 78.6 cm³/mol. The van der Waals surface area contributed by atoms with Crippen LogP contribution in [0.5, 0.6) is 0 Å².